The van der Waals surface area contributed by atoms with Crippen LogP contribution in [0.5, 0.6) is 11.5 Å². The third-order valence-electron chi connectivity index (χ3n) is 3.72. The molecule has 0 atom stereocenters. The molecule has 22 heavy (non-hydrogen) atoms. The van der Waals surface area contributed by atoms with Gasteiger partial charge in [-0.15, -0.1) is 0 Å². The van der Waals surface area contributed by atoms with Crippen LogP contribution in [0, 0.1) is 13.8 Å². The summed E-state index contributed by atoms with van der Waals surface area (Å²) >= 11 is 0. The van der Waals surface area contributed by atoms with E-state index >= 15 is 0 Å². The van der Waals surface area contributed by atoms with E-state index in [4.69, 9.17) is 4.74 Å². The van der Waals surface area contributed by atoms with Crippen LogP contribution >= 0.6 is 0 Å². The zero-order valence-electron chi connectivity index (χ0n) is 13.2. The third-order valence-corrected chi connectivity index (χ3v) is 3.72. The number of phenols is 1. The number of ether oxygens (including phenoxy) is 1. The molecule has 0 radical (unpaired) electrons. The summed E-state index contributed by atoms with van der Waals surface area (Å²) in [5.41, 5.74) is 2.02. The van der Waals surface area contributed by atoms with Crippen LogP contribution in [0.1, 0.15) is 21.5 Å². The molecule has 2 aromatic carbocycles. The van der Waals surface area contributed by atoms with Crippen molar-refractivity contribution in [3.05, 3.63) is 59.2 Å². The highest BCUT2D eigenvalue weighted by Crippen LogP contribution is 2.25. The van der Waals surface area contributed by atoms with E-state index in [2.05, 4.69) is 0 Å². The molecule has 0 spiro atoms. The lowest BCUT2D eigenvalue weighted by molar-refractivity contribution is 0.0770. The second-order valence-corrected chi connectivity index (χ2v) is 5.29. The van der Waals surface area contributed by atoms with E-state index in [9.17, 15) is 9.90 Å². The first kappa shape index (κ1) is 15.9. The summed E-state index contributed by atoms with van der Waals surface area (Å²) in [7, 11) is 1.70. The molecule has 0 aliphatic carbocycles. The molecule has 1 N–H and O–H groups in total. The van der Waals surface area contributed by atoms with Crippen LogP contribution in [-0.2, 0) is 0 Å². The van der Waals surface area contributed by atoms with Gasteiger partial charge in [-0.25, -0.2) is 0 Å². The maximum Gasteiger partial charge on any atom is 0.257 e. The molecule has 0 aliphatic rings. The van der Waals surface area contributed by atoms with Gasteiger partial charge in [0.25, 0.3) is 5.91 Å². The Labute approximate surface area is 131 Å². The normalized spacial score (nSPS) is 10.3. The van der Waals surface area contributed by atoms with E-state index in [0.717, 1.165) is 16.9 Å². The molecule has 116 valence electrons. The van der Waals surface area contributed by atoms with Gasteiger partial charge in [-0.1, -0.05) is 24.3 Å². The Morgan fingerprint density at radius 1 is 1.14 bits per heavy atom. The summed E-state index contributed by atoms with van der Waals surface area (Å²) in [4.78, 5) is 13.9. The van der Waals surface area contributed by atoms with Gasteiger partial charge in [0.15, 0.2) is 0 Å². The van der Waals surface area contributed by atoms with E-state index < -0.39 is 0 Å². The number of nitrogens with zero attached hydrogens (tertiary/aromatic N) is 1. The van der Waals surface area contributed by atoms with Crippen molar-refractivity contribution in [2.75, 3.05) is 20.2 Å². The summed E-state index contributed by atoms with van der Waals surface area (Å²) < 4.78 is 5.58. The Balaban J connectivity index is 1.96. The first-order valence-electron chi connectivity index (χ1n) is 7.23. The predicted molar refractivity (Wildman–Crippen MR) is 86.5 cm³/mol. The van der Waals surface area contributed by atoms with Gasteiger partial charge in [-0.2, -0.15) is 0 Å². The van der Waals surface area contributed by atoms with Gasteiger partial charge in [0.2, 0.25) is 0 Å². The van der Waals surface area contributed by atoms with E-state index in [1.807, 2.05) is 43.3 Å². The molecule has 1 amide bonds. The lowest BCUT2D eigenvalue weighted by Crippen LogP contribution is -2.31. The number of carbonyl (C=O) groups is 1. The molecule has 0 aromatic heterocycles. The van der Waals surface area contributed by atoms with Crippen molar-refractivity contribution in [2.45, 2.75) is 13.8 Å². The van der Waals surface area contributed by atoms with Crippen LogP contribution in [0.3, 0.4) is 0 Å². The maximum atomic E-state index is 12.4. The summed E-state index contributed by atoms with van der Waals surface area (Å²) in [6, 6.07) is 13.0. The lowest BCUT2D eigenvalue weighted by atomic mass is 10.0. The van der Waals surface area contributed by atoms with Gasteiger partial charge >= 0.3 is 0 Å². The minimum Gasteiger partial charge on any atom is -0.507 e. The van der Waals surface area contributed by atoms with Crippen molar-refractivity contribution in [2.24, 2.45) is 0 Å². The molecule has 0 unspecified atom stereocenters. The van der Waals surface area contributed by atoms with Crippen LogP contribution in [0.2, 0.25) is 0 Å². The van der Waals surface area contributed by atoms with Gasteiger partial charge in [0, 0.05) is 7.05 Å². The zero-order chi connectivity index (χ0) is 16.1. The fraction of sp³-hybridized carbons (Fsp3) is 0.278. The molecule has 0 saturated heterocycles. The predicted octanol–water partition coefficient (Wildman–Crippen LogP) is 3.16. The van der Waals surface area contributed by atoms with Crippen LogP contribution in [-0.4, -0.2) is 36.1 Å². The van der Waals surface area contributed by atoms with E-state index in [1.165, 1.54) is 0 Å². The van der Waals surface area contributed by atoms with Crippen LogP contribution < -0.4 is 4.74 Å². The number of aromatic hydroxyl groups is 1. The molecular formula is C18H21NO3. The number of hydrogen-bond donors (Lipinski definition) is 1. The molecule has 0 aliphatic heterocycles. The smallest absolute Gasteiger partial charge is 0.257 e. The Bertz CT molecular complexity index is 653. The summed E-state index contributed by atoms with van der Waals surface area (Å²) in [6.45, 7) is 4.55. The zero-order valence-corrected chi connectivity index (χ0v) is 13.2. The SMILES string of the molecule is Cc1ccc(C(=O)N(C)CCOc2ccccc2)c(O)c1C. The molecular weight excluding hydrogens is 278 g/mol. The standard InChI is InChI=1S/C18H21NO3/c1-13-9-10-16(17(20)14(13)2)18(21)19(3)11-12-22-15-7-5-4-6-8-15/h4-10,20H,11-12H2,1-3H3. The Morgan fingerprint density at radius 3 is 2.50 bits per heavy atom. The number of hydrogen-bond acceptors (Lipinski definition) is 3. The van der Waals surface area contributed by atoms with E-state index in [-0.39, 0.29) is 11.7 Å². The first-order chi connectivity index (χ1) is 10.5. The highest BCUT2D eigenvalue weighted by atomic mass is 16.5. The Morgan fingerprint density at radius 2 is 1.82 bits per heavy atom. The summed E-state index contributed by atoms with van der Waals surface area (Å²) in [6.07, 6.45) is 0. The minimum atomic E-state index is -0.211. The highest BCUT2D eigenvalue weighted by molar-refractivity contribution is 5.97. The van der Waals surface area contributed by atoms with Crippen molar-refractivity contribution in [1.82, 2.24) is 4.90 Å². The average molecular weight is 299 g/mol. The summed E-state index contributed by atoms with van der Waals surface area (Å²) in [5, 5.41) is 10.1. The largest absolute Gasteiger partial charge is 0.507 e. The quantitative estimate of drug-likeness (QED) is 0.922. The van der Waals surface area contributed by atoms with Crippen LogP contribution in [0.4, 0.5) is 0 Å². The number of phenolic OH excluding ortho intramolecular Hbond substituents is 1. The fourth-order valence-electron chi connectivity index (χ4n) is 2.10. The second kappa shape index (κ2) is 6.98. The fourth-order valence-corrected chi connectivity index (χ4v) is 2.10. The van der Waals surface area contributed by atoms with Crippen molar-refractivity contribution in [1.29, 1.82) is 0 Å². The average Bonchev–Trinajstić information content (AvgIpc) is 2.53. The number of carbonyl (C=O) groups excluding carboxylic acids is 1. The molecule has 0 saturated carbocycles. The Kier molecular flexibility index (Phi) is 5.04. The number of rotatable bonds is 5. The van der Waals surface area contributed by atoms with E-state index in [0.29, 0.717) is 18.7 Å². The number of benzene rings is 2. The molecule has 2 aromatic rings. The molecule has 2 rings (SSSR count). The maximum absolute atomic E-state index is 12.4. The van der Waals surface area contributed by atoms with Gasteiger partial charge in [-0.05, 0) is 43.2 Å². The summed E-state index contributed by atoms with van der Waals surface area (Å²) in [5.74, 6) is 0.621. The van der Waals surface area contributed by atoms with Gasteiger partial charge in [0.1, 0.15) is 18.1 Å². The van der Waals surface area contributed by atoms with Crippen molar-refractivity contribution >= 4 is 5.91 Å². The van der Waals surface area contributed by atoms with Gasteiger partial charge < -0.3 is 14.7 Å². The monoisotopic (exact) mass is 299 g/mol. The van der Waals surface area contributed by atoms with E-state index in [1.54, 1.807) is 24.9 Å². The Hall–Kier alpha value is -2.49. The van der Waals surface area contributed by atoms with Crippen molar-refractivity contribution in [3.8, 4) is 11.5 Å². The highest BCUT2D eigenvalue weighted by Gasteiger charge is 2.17. The lowest BCUT2D eigenvalue weighted by Gasteiger charge is -2.19. The molecule has 0 heterocycles. The number of aryl methyl sites for hydroxylation is 1. The second-order valence-electron chi connectivity index (χ2n) is 5.29. The topological polar surface area (TPSA) is 49.8 Å². The molecule has 4 heteroatoms. The minimum absolute atomic E-state index is 0.0563. The molecule has 4 nitrogen and oxygen atoms in total. The molecule has 0 bridgehead atoms. The molecule has 0 fully saturated rings. The van der Waals surface area contributed by atoms with Crippen LogP contribution in [0.25, 0.3) is 0 Å². The number of para-hydroxylation sites is 1. The van der Waals surface area contributed by atoms with Crippen LogP contribution in [0.15, 0.2) is 42.5 Å². The van der Waals surface area contributed by atoms with Crippen molar-refractivity contribution < 1.29 is 14.6 Å². The first-order valence-corrected chi connectivity index (χ1v) is 7.23. The number of likely N-dealkylation sites (N-methyl/N-ethyl adjacent to an activating group) is 1. The van der Waals surface area contributed by atoms with Gasteiger partial charge in [0.05, 0.1) is 12.1 Å². The number of amides is 1. The van der Waals surface area contributed by atoms with Crippen molar-refractivity contribution in [3.63, 3.8) is 0 Å². The third kappa shape index (κ3) is 3.58. The van der Waals surface area contributed by atoms with Gasteiger partial charge in [-0.3, -0.25) is 4.79 Å².